The fourth-order valence-corrected chi connectivity index (χ4v) is 2.97. The number of fused-ring (bicyclic) bond motifs is 1. The summed E-state index contributed by atoms with van der Waals surface area (Å²) in [6.07, 6.45) is 6.68. The first-order valence-electron chi connectivity index (χ1n) is 6.69. The minimum Gasteiger partial charge on any atom is -0.310 e. The summed E-state index contributed by atoms with van der Waals surface area (Å²) < 4.78 is 2.31. The van der Waals surface area contributed by atoms with Gasteiger partial charge in [0.1, 0.15) is 11.3 Å². The Morgan fingerprint density at radius 2 is 2.33 bits per heavy atom. The van der Waals surface area contributed by atoms with Gasteiger partial charge in [-0.3, -0.25) is 0 Å². The molecule has 2 aromatic rings. The van der Waals surface area contributed by atoms with E-state index in [0.717, 1.165) is 29.3 Å². The van der Waals surface area contributed by atoms with Crippen LogP contribution in [0.15, 0.2) is 18.3 Å². The van der Waals surface area contributed by atoms with Crippen molar-refractivity contribution in [2.75, 3.05) is 5.88 Å². The Hall–Kier alpha value is -1.09. The average molecular weight is 264 g/mol. The van der Waals surface area contributed by atoms with Crippen molar-refractivity contribution in [2.45, 2.75) is 38.6 Å². The van der Waals surface area contributed by atoms with Gasteiger partial charge in [-0.2, -0.15) is 0 Å². The molecular formula is C14H18ClN3. The third-order valence-electron chi connectivity index (χ3n) is 4.08. The van der Waals surface area contributed by atoms with Crippen molar-refractivity contribution in [2.24, 2.45) is 5.92 Å². The summed E-state index contributed by atoms with van der Waals surface area (Å²) in [4.78, 5) is 9.18. The molecule has 3 nitrogen and oxygen atoms in total. The summed E-state index contributed by atoms with van der Waals surface area (Å²) in [6, 6.07) is 4.46. The van der Waals surface area contributed by atoms with Gasteiger partial charge in [0.25, 0.3) is 0 Å². The minimum atomic E-state index is 0.483. The summed E-state index contributed by atoms with van der Waals surface area (Å²) >= 11 is 5.89. The second-order valence-electron chi connectivity index (χ2n) is 5.11. The number of hydrogen-bond acceptors (Lipinski definition) is 2. The molecule has 1 aliphatic carbocycles. The van der Waals surface area contributed by atoms with Crippen molar-refractivity contribution in [3.8, 4) is 0 Å². The number of aromatic nitrogens is 3. The van der Waals surface area contributed by atoms with Crippen molar-refractivity contribution in [3.63, 3.8) is 0 Å². The van der Waals surface area contributed by atoms with Crippen LogP contribution in [0.1, 0.15) is 38.1 Å². The lowest BCUT2D eigenvalue weighted by molar-refractivity contribution is 0.222. The molecule has 1 atom stereocenters. The minimum absolute atomic E-state index is 0.483. The topological polar surface area (TPSA) is 30.7 Å². The van der Waals surface area contributed by atoms with Crippen LogP contribution in [0, 0.1) is 5.92 Å². The standard InChI is InChI=1S/C14H18ClN3/c1-10(11-4-2-5-11)18-13(7-8-15)17-12-6-3-9-16-14(12)18/h3,6,9-11H,2,4-5,7-8H2,1H3. The van der Waals surface area contributed by atoms with Crippen molar-refractivity contribution in [3.05, 3.63) is 24.2 Å². The zero-order chi connectivity index (χ0) is 12.5. The first-order chi connectivity index (χ1) is 8.81. The van der Waals surface area contributed by atoms with E-state index in [0.29, 0.717) is 11.9 Å². The molecule has 1 saturated carbocycles. The Morgan fingerprint density at radius 1 is 1.50 bits per heavy atom. The van der Waals surface area contributed by atoms with Crippen LogP contribution in [-0.2, 0) is 6.42 Å². The molecular weight excluding hydrogens is 246 g/mol. The van der Waals surface area contributed by atoms with Crippen molar-refractivity contribution in [1.29, 1.82) is 0 Å². The van der Waals surface area contributed by atoms with Crippen LogP contribution in [0.4, 0.5) is 0 Å². The second kappa shape index (κ2) is 4.88. The summed E-state index contributed by atoms with van der Waals surface area (Å²) in [7, 11) is 0. The largest absolute Gasteiger partial charge is 0.310 e. The van der Waals surface area contributed by atoms with Gasteiger partial charge in [0.2, 0.25) is 0 Å². The molecule has 1 unspecified atom stereocenters. The summed E-state index contributed by atoms with van der Waals surface area (Å²) in [5.41, 5.74) is 2.00. The highest BCUT2D eigenvalue weighted by molar-refractivity contribution is 6.17. The lowest BCUT2D eigenvalue weighted by atomic mass is 9.80. The smallest absolute Gasteiger partial charge is 0.160 e. The van der Waals surface area contributed by atoms with Crippen LogP contribution in [0.2, 0.25) is 0 Å². The van der Waals surface area contributed by atoms with E-state index < -0.39 is 0 Å². The van der Waals surface area contributed by atoms with Gasteiger partial charge >= 0.3 is 0 Å². The molecule has 2 aromatic heterocycles. The maximum atomic E-state index is 5.89. The first-order valence-corrected chi connectivity index (χ1v) is 7.22. The number of aryl methyl sites for hydroxylation is 1. The third-order valence-corrected chi connectivity index (χ3v) is 4.27. The van der Waals surface area contributed by atoms with Crippen LogP contribution in [0.25, 0.3) is 11.2 Å². The molecule has 0 spiro atoms. The van der Waals surface area contributed by atoms with Crippen LogP contribution >= 0.6 is 11.6 Å². The molecule has 96 valence electrons. The molecule has 0 saturated heterocycles. The van der Waals surface area contributed by atoms with Gasteiger partial charge in [-0.15, -0.1) is 11.6 Å². The molecule has 4 heteroatoms. The highest BCUT2D eigenvalue weighted by Gasteiger charge is 2.28. The van der Waals surface area contributed by atoms with Crippen molar-refractivity contribution >= 4 is 22.8 Å². The van der Waals surface area contributed by atoms with E-state index in [2.05, 4.69) is 21.5 Å². The SMILES string of the molecule is CC(C1CCC1)n1c(CCCl)nc2cccnc21. The lowest BCUT2D eigenvalue weighted by Crippen LogP contribution is -2.24. The number of halogens is 1. The highest BCUT2D eigenvalue weighted by Crippen LogP contribution is 2.37. The fourth-order valence-electron chi connectivity index (χ4n) is 2.80. The molecule has 0 N–H and O–H groups in total. The number of rotatable bonds is 4. The summed E-state index contributed by atoms with van der Waals surface area (Å²) in [6.45, 7) is 2.29. The van der Waals surface area contributed by atoms with E-state index in [1.54, 1.807) is 0 Å². The maximum absolute atomic E-state index is 5.89. The molecule has 0 aliphatic heterocycles. The van der Waals surface area contributed by atoms with E-state index in [1.165, 1.54) is 19.3 Å². The molecule has 18 heavy (non-hydrogen) atoms. The molecule has 2 heterocycles. The number of pyridine rings is 1. The molecule has 0 radical (unpaired) electrons. The normalized spacial score (nSPS) is 17.9. The van der Waals surface area contributed by atoms with Crippen LogP contribution in [0.5, 0.6) is 0 Å². The number of nitrogens with zero attached hydrogens (tertiary/aromatic N) is 3. The van der Waals surface area contributed by atoms with Gasteiger partial charge in [0.15, 0.2) is 5.65 Å². The van der Waals surface area contributed by atoms with E-state index in [4.69, 9.17) is 11.6 Å². The molecule has 1 aliphatic rings. The molecule has 0 amide bonds. The highest BCUT2D eigenvalue weighted by atomic mass is 35.5. The van der Waals surface area contributed by atoms with Crippen LogP contribution in [0.3, 0.4) is 0 Å². The number of alkyl halides is 1. The van der Waals surface area contributed by atoms with Gasteiger partial charge in [-0.1, -0.05) is 6.42 Å². The summed E-state index contributed by atoms with van der Waals surface area (Å²) in [5, 5.41) is 0. The quantitative estimate of drug-likeness (QED) is 0.790. The van der Waals surface area contributed by atoms with Crippen molar-refractivity contribution < 1.29 is 0 Å². The first kappa shape index (κ1) is 12.0. The predicted octanol–water partition coefficient (Wildman–Crippen LogP) is 3.57. The van der Waals surface area contributed by atoms with Crippen LogP contribution < -0.4 is 0 Å². The average Bonchev–Trinajstić information content (AvgIpc) is 2.65. The van der Waals surface area contributed by atoms with Gasteiger partial charge in [0.05, 0.1) is 0 Å². The Bertz CT molecular complexity index is 545. The lowest BCUT2D eigenvalue weighted by Gasteiger charge is -2.33. The Balaban J connectivity index is 2.07. The second-order valence-corrected chi connectivity index (χ2v) is 5.49. The third kappa shape index (κ3) is 1.91. The Kier molecular flexibility index (Phi) is 3.25. The Morgan fingerprint density at radius 3 is 3.00 bits per heavy atom. The Labute approximate surface area is 112 Å². The maximum Gasteiger partial charge on any atom is 0.160 e. The molecule has 0 aromatic carbocycles. The van der Waals surface area contributed by atoms with Crippen molar-refractivity contribution in [1.82, 2.24) is 14.5 Å². The van der Waals surface area contributed by atoms with Gasteiger partial charge < -0.3 is 4.57 Å². The zero-order valence-electron chi connectivity index (χ0n) is 10.6. The predicted molar refractivity (Wildman–Crippen MR) is 74.0 cm³/mol. The number of hydrogen-bond donors (Lipinski definition) is 0. The molecule has 1 fully saturated rings. The van der Waals surface area contributed by atoms with E-state index in [1.807, 2.05) is 18.3 Å². The molecule has 0 bridgehead atoms. The van der Waals surface area contributed by atoms with Crippen LogP contribution in [-0.4, -0.2) is 20.4 Å². The number of imidazole rings is 1. The van der Waals surface area contributed by atoms with E-state index >= 15 is 0 Å². The van der Waals surface area contributed by atoms with Gasteiger partial charge in [0, 0.05) is 24.5 Å². The van der Waals surface area contributed by atoms with E-state index in [-0.39, 0.29) is 0 Å². The summed E-state index contributed by atoms with van der Waals surface area (Å²) in [5.74, 6) is 2.47. The molecule has 3 rings (SSSR count). The van der Waals surface area contributed by atoms with E-state index in [9.17, 15) is 0 Å². The van der Waals surface area contributed by atoms with Gasteiger partial charge in [-0.05, 0) is 37.8 Å². The fraction of sp³-hybridized carbons (Fsp3) is 0.571. The monoisotopic (exact) mass is 263 g/mol. The van der Waals surface area contributed by atoms with Gasteiger partial charge in [-0.25, -0.2) is 9.97 Å². The zero-order valence-corrected chi connectivity index (χ0v) is 11.4.